The molecule has 0 aromatic heterocycles. The van der Waals surface area contributed by atoms with Gasteiger partial charge >= 0.3 is 0 Å². The van der Waals surface area contributed by atoms with Crippen LogP contribution in [0.2, 0.25) is 0 Å². The van der Waals surface area contributed by atoms with E-state index < -0.39 is 0 Å². The first kappa shape index (κ1) is 20.3. The Labute approximate surface area is 156 Å². The van der Waals surface area contributed by atoms with Crippen molar-refractivity contribution in [2.45, 2.75) is 56.4 Å². The Bertz CT molecular complexity index is 519. The second kappa shape index (κ2) is 10.2. The number of carbonyl (C=O) groups is 1. The third kappa shape index (κ3) is 7.80. The number of thioether (sulfide) groups is 1. The van der Waals surface area contributed by atoms with Crippen LogP contribution in [0.1, 0.15) is 45.6 Å². The summed E-state index contributed by atoms with van der Waals surface area (Å²) in [7, 11) is 0. The first-order valence-corrected chi connectivity index (χ1v) is 10.1. The van der Waals surface area contributed by atoms with Crippen LogP contribution in [0.25, 0.3) is 0 Å². The third-order valence-corrected chi connectivity index (χ3v) is 5.22. The summed E-state index contributed by atoms with van der Waals surface area (Å²) < 4.78 is 11.1. The van der Waals surface area contributed by atoms with E-state index in [1.165, 1.54) is 5.56 Å². The first-order chi connectivity index (χ1) is 11.9. The Hall–Kier alpha value is -1.04. The van der Waals surface area contributed by atoms with Gasteiger partial charge in [-0.3, -0.25) is 4.79 Å². The molecule has 1 heterocycles. The highest BCUT2D eigenvalue weighted by Crippen LogP contribution is 2.25. The minimum absolute atomic E-state index is 0.0732. The molecule has 1 aliphatic heterocycles. The molecule has 5 heteroatoms. The molecular weight excluding hydrogens is 334 g/mol. The second-order valence-corrected chi connectivity index (χ2v) is 8.53. The lowest BCUT2D eigenvalue weighted by atomic mass is 9.87. The molecule has 140 valence electrons. The lowest BCUT2D eigenvalue weighted by Crippen LogP contribution is -2.27. The Morgan fingerprint density at radius 3 is 2.72 bits per heavy atom. The maximum absolute atomic E-state index is 11.9. The number of amides is 1. The van der Waals surface area contributed by atoms with Gasteiger partial charge in [0, 0.05) is 24.7 Å². The van der Waals surface area contributed by atoms with E-state index in [1.807, 2.05) is 0 Å². The van der Waals surface area contributed by atoms with Crippen molar-refractivity contribution in [1.82, 2.24) is 5.32 Å². The number of benzene rings is 1. The molecule has 1 aliphatic rings. The van der Waals surface area contributed by atoms with Crippen LogP contribution in [-0.2, 0) is 19.7 Å². The Morgan fingerprint density at radius 1 is 1.32 bits per heavy atom. The molecule has 1 aromatic rings. The molecule has 0 bridgehead atoms. The fraction of sp³-hybridized carbons (Fsp3) is 0.650. The fourth-order valence-electron chi connectivity index (χ4n) is 2.64. The molecule has 0 saturated carbocycles. The number of rotatable bonds is 9. The summed E-state index contributed by atoms with van der Waals surface area (Å²) in [6, 6.07) is 8.48. The molecule has 0 aliphatic carbocycles. The molecule has 0 spiro atoms. The SMILES string of the molecule is CC(C)(C)c1ccc(SCC(=O)NCCCOCC2CCCO2)cc1. The highest BCUT2D eigenvalue weighted by atomic mass is 32.2. The second-order valence-electron chi connectivity index (χ2n) is 7.48. The fourth-order valence-corrected chi connectivity index (χ4v) is 3.37. The van der Waals surface area contributed by atoms with E-state index in [1.54, 1.807) is 11.8 Å². The molecule has 1 saturated heterocycles. The number of ether oxygens (including phenoxy) is 2. The zero-order valence-corrected chi connectivity index (χ0v) is 16.5. The van der Waals surface area contributed by atoms with E-state index in [2.05, 4.69) is 50.4 Å². The smallest absolute Gasteiger partial charge is 0.230 e. The topological polar surface area (TPSA) is 47.6 Å². The van der Waals surface area contributed by atoms with E-state index in [0.717, 1.165) is 30.8 Å². The summed E-state index contributed by atoms with van der Waals surface area (Å²) in [4.78, 5) is 13.0. The van der Waals surface area contributed by atoms with Crippen LogP contribution in [0.5, 0.6) is 0 Å². The summed E-state index contributed by atoms with van der Waals surface area (Å²) in [6.07, 6.45) is 3.35. The molecule has 4 nitrogen and oxygen atoms in total. The van der Waals surface area contributed by atoms with Crippen LogP contribution < -0.4 is 5.32 Å². The van der Waals surface area contributed by atoms with Gasteiger partial charge in [-0.25, -0.2) is 0 Å². The van der Waals surface area contributed by atoms with Crippen LogP contribution in [0.3, 0.4) is 0 Å². The summed E-state index contributed by atoms with van der Waals surface area (Å²) in [5.74, 6) is 0.523. The van der Waals surface area contributed by atoms with Gasteiger partial charge in [0.25, 0.3) is 0 Å². The minimum atomic E-state index is 0.0732. The zero-order valence-electron chi connectivity index (χ0n) is 15.7. The molecule has 1 aromatic carbocycles. The Balaban J connectivity index is 1.53. The van der Waals surface area contributed by atoms with Gasteiger partial charge in [-0.05, 0) is 42.4 Å². The van der Waals surface area contributed by atoms with Gasteiger partial charge in [-0.15, -0.1) is 11.8 Å². The van der Waals surface area contributed by atoms with Gasteiger partial charge < -0.3 is 14.8 Å². The van der Waals surface area contributed by atoms with E-state index in [0.29, 0.717) is 25.5 Å². The monoisotopic (exact) mass is 365 g/mol. The zero-order chi connectivity index (χ0) is 18.1. The highest BCUT2D eigenvalue weighted by Gasteiger charge is 2.15. The lowest BCUT2D eigenvalue weighted by molar-refractivity contribution is -0.118. The van der Waals surface area contributed by atoms with Gasteiger partial charge in [0.2, 0.25) is 5.91 Å². The standard InChI is InChI=1S/C20H31NO3S/c1-20(2,3)16-7-9-18(10-8-16)25-15-19(22)21-11-5-12-23-14-17-6-4-13-24-17/h7-10,17H,4-6,11-15H2,1-3H3,(H,21,22). The number of nitrogens with one attached hydrogen (secondary N) is 1. The van der Waals surface area contributed by atoms with Crippen LogP contribution in [0.15, 0.2) is 29.2 Å². The number of hydrogen-bond acceptors (Lipinski definition) is 4. The molecule has 1 unspecified atom stereocenters. The maximum atomic E-state index is 11.9. The molecule has 25 heavy (non-hydrogen) atoms. The van der Waals surface area contributed by atoms with Gasteiger partial charge in [0.1, 0.15) is 0 Å². The molecular formula is C20H31NO3S. The summed E-state index contributed by atoms with van der Waals surface area (Å²) in [5.41, 5.74) is 1.47. The van der Waals surface area contributed by atoms with Gasteiger partial charge in [-0.1, -0.05) is 32.9 Å². The van der Waals surface area contributed by atoms with Crippen molar-refractivity contribution in [1.29, 1.82) is 0 Å². The lowest BCUT2D eigenvalue weighted by Gasteiger charge is -2.19. The third-order valence-electron chi connectivity index (χ3n) is 4.21. The number of carbonyl (C=O) groups excluding carboxylic acids is 1. The van der Waals surface area contributed by atoms with E-state index in [-0.39, 0.29) is 17.4 Å². The predicted octanol–water partition coefficient (Wildman–Crippen LogP) is 3.78. The predicted molar refractivity (Wildman–Crippen MR) is 103 cm³/mol. The van der Waals surface area contributed by atoms with Crippen molar-refractivity contribution in [3.05, 3.63) is 29.8 Å². The van der Waals surface area contributed by atoms with Gasteiger partial charge in [-0.2, -0.15) is 0 Å². The van der Waals surface area contributed by atoms with Gasteiger partial charge in [0.15, 0.2) is 0 Å². The number of hydrogen-bond donors (Lipinski definition) is 1. The van der Waals surface area contributed by atoms with Crippen LogP contribution in [0, 0.1) is 0 Å². The normalized spacial score (nSPS) is 17.6. The van der Waals surface area contributed by atoms with Crippen LogP contribution >= 0.6 is 11.8 Å². The molecule has 0 radical (unpaired) electrons. The van der Waals surface area contributed by atoms with Crippen LogP contribution in [-0.4, -0.2) is 44.1 Å². The van der Waals surface area contributed by atoms with Crippen molar-refractivity contribution in [3.63, 3.8) is 0 Å². The minimum Gasteiger partial charge on any atom is -0.379 e. The van der Waals surface area contributed by atoms with Crippen molar-refractivity contribution in [3.8, 4) is 0 Å². The van der Waals surface area contributed by atoms with Crippen molar-refractivity contribution in [2.75, 3.05) is 32.1 Å². The molecule has 2 rings (SSSR count). The average molecular weight is 366 g/mol. The molecule has 1 amide bonds. The average Bonchev–Trinajstić information content (AvgIpc) is 3.09. The van der Waals surface area contributed by atoms with E-state index in [9.17, 15) is 4.79 Å². The Kier molecular flexibility index (Phi) is 8.27. The first-order valence-electron chi connectivity index (χ1n) is 9.14. The largest absolute Gasteiger partial charge is 0.379 e. The molecule has 1 N–H and O–H groups in total. The Morgan fingerprint density at radius 2 is 2.08 bits per heavy atom. The molecule has 1 fully saturated rings. The maximum Gasteiger partial charge on any atom is 0.230 e. The van der Waals surface area contributed by atoms with E-state index in [4.69, 9.17) is 9.47 Å². The summed E-state index contributed by atoms with van der Waals surface area (Å²) in [6.45, 7) is 9.47. The summed E-state index contributed by atoms with van der Waals surface area (Å²) in [5, 5.41) is 2.95. The van der Waals surface area contributed by atoms with E-state index >= 15 is 0 Å². The van der Waals surface area contributed by atoms with Gasteiger partial charge in [0.05, 0.1) is 18.5 Å². The van der Waals surface area contributed by atoms with Crippen molar-refractivity contribution in [2.24, 2.45) is 0 Å². The van der Waals surface area contributed by atoms with Crippen molar-refractivity contribution >= 4 is 17.7 Å². The van der Waals surface area contributed by atoms with Crippen LogP contribution in [0.4, 0.5) is 0 Å². The quantitative estimate of drug-likeness (QED) is 0.534. The highest BCUT2D eigenvalue weighted by molar-refractivity contribution is 8.00. The molecule has 1 atom stereocenters. The van der Waals surface area contributed by atoms with Crippen molar-refractivity contribution < 1.29 is 14.3 Å². The summed E-state index contributed by atoms with van der Waals surface area (Å²) >= 11 is 1.57.